The van der Waals surface area contributed by atoms with E-state index in [-0.39, 0.29) is 5.25 Å². The Morgan fingerprint density at radius 2 is 2.27 bits per heavy atom. The van der Waals surface area contributed by atoms with Crippen LogP contribution < -0.4 is 0 Å². The van der Waals surface area contributed by atoms with E-state index < -0.39 is 0 Å². The molecule has 60 valence electrons. The van der Waals surface area contributed by atoms with Crippen molar-refractivity contribution in [1.29, 1.82) is 0 Å². The summed E-state index contributed by atoms with van der Waals surface area (Å²) in [5.74, 6) is 0.900. The Balaban J connectivity index is 2.17. The van der Waals surface area contributed by atoms with E-state index >= 15 is 0 Å². The van der Waals surface area contributed by atoms with E-state index in [0.717, 1.165) is 0 Å². The Morgan fingerprint density at radius 1 is 1.45 bits per heavy atom. The lowest BCUT2D eigenvalue weighted by molar-refractivity contribution is -0.117. The van der Waals surface area contributed by atoms with E-state index in [2.05, 4.69) is 12.2 Å². The fourth-order valence-electron chi connectivity index (χ4n) is 1.87. The third kappa shape index (κ3) is 1.24. The molecule has 0 aromatic heterocycles. The summed E-state index contributed by atoms with van der Waals surface area (Å²) >= 11 is 1.85. The number of carbonyl (C=O) groups excluding carboxylic acids is 1. The number of thioether (sulfide) groups is 1. The summed E-state index contributed by atoms with van der Waals surface area (Å²) in [7, 11) is 0. The second-order valence-electron chi connectivity index (χ2n) is 3.33. The van der Waals surface area contributed by atoms with Gasteiger partial charge in [0.05, 0.1) is 5.25 Å². The van der Waals surface area contributed by atoms with Crippen LogP contribution in [0.1, 0.15) is 19.8 Å². The van der Waals surface area contributed by atoms with Crippen LogP contribution in [0.25, 0.3) is 0 Å². The van der Waals surface area contributed by atoms with Gasteiger partial charge in [-0.15, -0.1) is 11.8 Å². The molecule has 1 aliphatic carbocycles. The Bertz CT molecular complexity index is 210. The summed E-state index contributed by atoms with van der Waals surface area (Å²) in [6, 6.07) is 0. The summed E-state index contributed by atoms with van der Waals surface area (Å²) in [6.07, 6.45) is 6.99. The van der Waals surface area contributed by atoms with Gasteiger partial charge >= 0.3 is 0 Å². The van der Waals surface area contributed by atoms with Crippen LogP contribution in [0, 0.1) is 5.92 Å². The van der Waals surface area contributed by atoms with Gasteiger partial charge in [-0.1, -0.05) is 12.2 Å². The van der Waals surface area contributed by atoms with Crippen molar-refractivity contribution in [3.63, 3.8) is 0 Å². The predicted molar refractivity (Wildman–Crippen MR) is 47.7 cm³/mol. The highest BCUT2D eigenvalue weighted by molar-refractivity contribution is 8.01. The molecule has 1 nitrogen and oxygen atoms in total. The lowest BCUT2D eigenvalue weighted by Gasteiger charge is -2.35. The third-order valence-corrected chi connectivity index (χ3v) is 4.19. The maximum atomic E-state index is 11.1. The second-order valence-corrected chi connectivity index (χ2v) is 4.72. The van der Waals surface area contributed by atoms with Crippen molar-refractivity contribution in [2.75, 3.05) is 0 Å². The van der Waals surface area contributed by atoms with Gasteiger partial charge in [-0.05, 0) is 25.7 Å². The van der Waals surface area contributed by atoms with Crippen LogP contribution in [0.2, 0.25) is 0 Å². The zero-order chi connectivity index (χ0) is 7.84. The number of allylic oxidation sites excluding steroid dienone is 1. The lowest BCUT2D eigenvalue weighted by Crippen LogP contribution is -2.33. The molecule has 0 amide bonds. The van der Waals surface area contributed by atoms with Gasteiger partial charge in [0.2, 0.25) is 0 Å². The van der Waals surface area contributed by atoms with E-state index in [0.29, 0.717) is 17.0 Å². The first kappa shape index (κ1) is 7.41. The van der Waals surface area contributed by atoms with Gasteiger partial charge in [-0.3, -0.25) is 4.79 Å². The monoisotopic (exact) mass is 168 g/mol. The van der Waals surface area contributed by atoms with Gasteiger partial charge in [0.25, 0.3) is 0 Å². The first-order valence-electron chi connectivity index (χ1n) is 4.11. The number of hydrogen-bond acceptors (Lipinski definition) is 2. The Labute approximate surface area is 71.2 Å². The number of fused-ring (bicyclic) bond motifs is 2. The topological polar surface area (TPSA) is 17.1 Å². The van der Waals surface area contributed by atoms with Gasteiger partial charge < -0.3 is 0 Å². The normalized spacial score (nSPS) is 41.0. The molecule has 3 aliphatic rings. The highest BCUT2D eigenvalue weighted by Crippen LogP contribution is 2.41. The van der Waals surface area contributed by atoms with Crippen LogP contribution in [-0.4, -0.2) is 16.3 Å². The fourth-order valence-corrected chi connectivity index (χ4v) is 3.32. The van der Waals surface area contributed by atoms with Crippen LogP contribution in [0.4, 0.5) is 0 Å². The summed E-state index contributed by atoms with van der Waals surface area (Å²) in [5, 5.41) is 0.910. The van der Waals surface area contributed by atoms with Crippen LogP contribution in [0.15, 0.2) is 12.2 Å². The molecule has 2 aliphatic heterocycles. The van der Waals surface area contributed by atoms with Crippen molar-refractivity contribution in [2.24, 2.45) is 5.92 Å². The molecule has 0 radical (unpaired) electrons. The number of rotatable bonds is 1. The highest BCUT2D eigenvalue weighted by atomic mass is 32.2. The molecule has 0 spiro atoms. The fraction of sp³-hybridized carbons (Fsp3) is 0.667. The largest absolute Gasteiger partial charge is 0.299 e. The van der Waals surface area contributed by atoms with Crippen molar-refractivity contribution < 1.29 is 4.79 Å². The zero-order valence-corrected chi connectivity index (χ0v) is 7.43. The number of hydrogen-bond donors (Lipinski definition) is 0. The molecule has 2 heteroatoms. The molecule has 0 aromatic rings. The summed E-state index contributed by atoms with van der Waals surface area (Å²) < 4.78 is 0. The molecular weight excluding hydrogens is 156 g/mol. The minimum absolute atomic E-state index is 0.277. The minimum atomic E-state index is 0.277. The van der Waals surface area contributed by atoms with Crippen LogP contribution in [0.3, 0.4) is 0 Å². The Kier molecular flexibility index (Phi) is 1.80. The number of ketones is 1. The quantitative estimate of drug-likeness (QED) is 0.557. The predicted octanol–water partition coefficient (Wildman–Crippen LogP) is 2.03. The second kappa shape index (κ2) is 2.67. The van der Waals surface area contributed by atoms with Crippen molar-refractivity contribution in [3.05, 3.63) is 12.2 Å². The first-order valence-corrected chi connectivity index (χ1v) is 5.06. The van der Waals surface area contributed by atoms with Crippen molar-refractivity contribution in [1.82, 2.24) is 0 Å². The smallest absolute Gasteiger partial charge is 0.143 e. The molecule has 11 heavy (non-hydrogen) atoms. The van der Waals surface area contributed by atoms with Gasteiger partial charge in [0.15, 0.2) is 0 Å². The molecule has 3 rings (SSSR count). The van der Waals surface area contributed by atoms with E-state index in [1.807, 2.05) is 11.8 Å². The van der Waals surface area contributed by atoms with E-state index in [1.165, 1.54) is 12.8 Å². The number of carbonyl (C=O) groups is 1. The average molecular weight is 168 g/mol. The maximum absolute atomic E-state index is 11.1. The Morgan fingerprint density at radius 3 is 2.55 bits per heavy atom. The third-order valence-electron chi connectivity index (χ3n) is 2.47. The molecule has 1 saturated heterocycles. The van der Waals surface area contributed by atoms with E-state index in [1.54, 1.807) is 6.92 Å². The lowest BCUT2D eigenvalue weighted by atomic mass is 9.90. The minimum Gasteiger partial charge on any atom is -0.299 e. The summed E-state index contributed by atoms with van der Waals surface area (Å²) in [4.78, 5) is 11.1. The van der Waals surface area contributed by atoms with Crippen molar-refractivity contribution >= 4 is 17.5 Å². The SMILES string of the molecule is CC(=O)[C@H]1S[C@H]2C=C[C@H]1CC2. The molecular formula is C9H12OS. The van der Waals surface area contributed by atoms with E-state index in [9.17, 15) is 4.79 Å². The molecule has 3 atom stereocenters. The first-order chi connectivity index (χ1) is 5.27. The van der Waals surface area contributed by atoms with E-state index in [4.69, 9.17) is 0 Å². The van der Waals surface area contributed by atoms with Crippen LogP contribution in [-0.2, 0) is 4.79 Å². The molecule has 2 heterocycles. The standard InChI is InChI=1S/C9H12OS/c1-6(10)9-7-2-4-8(11-9)5-3-7/h2,4,7-9H,3,5H2,1H3/t7-,8-,9+/m0/s1. The van der Waals surface area contributed by atoms with Crippen LogP contribution >= 0.6 is 11.8 Å². The van der Waals surface area contributed by atoms with Gasteiger partial charge in [-0.25, -0.2) is 0 Å². The molecule has 2 bridgehead atoms. The molecule has 1 fully saturated rings. The molecule has 0 aromatic carbocycles. The molecule has 0 unspecified atom stereocenters. The maximum Gasteiger partial charge on any atom is 0.143 e. The molecule has 0 N–H and O–H groups in total. The molecule has 0 saturated carbocycles. The summed E-state index contributed by atoms with van der Waals surface area (Å²) in [5.41, 5.74) is 0. The Hall–Kier alpha value is -0.240. The number of Topliss-reactive ketones (excluding diaryl/α,β-unsaturated/α-hetero) is 1. The van der Waals surface area contributed by atoms with Crippen LogP contribution in [0.5, 0.6) is 0 Å². The van der Waals surface area contributed by atoms with Gasteiger partial charge in [0.1, 0.15) is 5.78 Å². The summed E-state index contributed by atoms with van der Waals surface area (Å²) in [6.45, 7) is 1.71. The van der Waals surface area contributed by atoms with Gasteiger partial charge in [0, 0.05) is 5.25 Å². The highest BCUT2D eigenvalue weighted by Gasteiger charge is 2.34. The average Bonchev–Trinajstić information content (AvgIpc) is 2.06. The van der Waals surface area contributed by atoms with Crippen molar-refractivity contribution in [2.45, 2.75) is 30.3 Å². The van der Waals surface area contributed by atoms with Crippen molar-refractivity contribution in [3.8, 4) is 0 Å². The van der Waals surface area contributed by atoms with Gasteiger partial charge in [-0.2, -0.15) is 0 Å². The zero-order valence-electron chi connectivity index (χ0n) is 6.62.